The molecule has 23 heavy (non-hydrogen) atoms. The molecular weight excluding hydrogens is 292 g/mol. The van der Waals surface area contributed by atoms with Crippen LogP contribution in [0.15, 0.2) is 47.1 Å². The van der Waals surface area contributed by atoms with E-state index in [9.17, 15) is 9.59 Å². The first-order valence-electron chi connectivity index (χ1n) is 7.65. The molecule has 5 heteroatoms. The Morgan fingerprint density at radius 1 is 1.17 bits per heavy atom. The van der Waals surface area contributed by atoms with E-state index in [0.29, 0.717) is 26.1 Å². The van der Waals surface area contributed by atoms with E-state index < -0.39 is 0 Å². The van der Waals surface area contributed by atoms with Crippen LogP contribution in [0.1, 0.15) is 23.8 Å². The molecule has 0 bridgehead atoms. The smallest absolute Gasteiger partial charge is 0.224 e. The average molecular weight is 314 g/mol. The van der Waals surface area contributed by atoms with Crippen molar-refractivity contribution in [3.8, 4) is 0 Å². The second-order valence-corrected chi connectivity index (χ2v) is 5.47. The van der Waals surface area contributed by atoms with Crippen molar-refractivity contribution >= 4 is 11.8 Å². The highest BCUT2D eigenvalue weighted by Crippen LogP contribution is 2.08. The first-order chi connectivity index (χ1) is 11.1. The third-order valence-corrected chi connectivity index (χ3v) is 3.69. The molecule has 0 aliphatic heterocycles. The molecule has 0 atom stereocenters. The maximum atomic E-state index is 12.0. The van der Waals surface area contributed by atoms with Gasteiger partial charge in [-0.2, -0.15) is 0 Å². The van der Waals surface area contributed by atoms with Crippen molar-refractivity contribution in [1.29, 1.82) is 0 Å². The number of furan rings is 1. The predicted molar refractivity (Wildman–Crippen MR) is 87.7 cm³/mol. The van der Waals surface area contributed by atoms with Crippen molar-refractivity contribution in [1.82, 2.24) is 10.2 Å². The summed E-state index contributed by atoms with van der Waals surface area (Å²) in [7, 11) is 0. The van der Waals surface area contributed by atoms with Crippen LogP contribution in [0.5, 0.6) is 0 Å². The lowest BCUT2D eigenvalue weighted by molar-refractivity contribution is -0.130. The SMILES string of the molecule is CC(=O)N(CCNC(=O)Cc1ccccc1C)Cc1ccco1. The summed E-state index contributed by atoms with van der Waals surface area (Å²) >= 11 is 0. The van der Waals surface area contributed by atoms with E-state index in [0.717, 1.165) is 16.9 Å². The van der Waals surface area contributed by atoms with Gasteiger partial charge in [0.1, 0.15) is 5.76 Å². The zero-order valence-electron chi connectivity index (χ0n) is 13.5. The minimum atomic E-state index is -0.0467. The molecule has 0 aliphatic carbocycles. The molecule has 1 aromatic carbocycles. The molecule has 2 aromatic rings. The normalized spacial score (nSPS) is 10.3. The lowest BCUT2D eigenvalue weighted by atomic mass is 10.1. The molecule has 1 N–H and O–H groups in total. The Bertz CT molecular complexity index is 650. The number of hydrogen-bond acceptors (Lipinski definition) is 3. The number of rotatable bonds is 7. The zero-order valence-corrected chi connectivity index (χ0v) is 13.5. The third-order valence-electron chi connectivity index (χ3n) is 3.69. The van der Waals surface area contributed by atoms with Crippen LogP contribution >= 0.6 is 0 Å². The molecule has 2 amide bonds. The molecule has 0 aliphatic rings. The number of amides is 2. The Labute approximate surface area is 136 Å². The first kappa shape index (κ1) is 16.8. The van der Waals surface area contributed by atoms with Crippen LogP contribution in [-0.2, 0) is 22.6 Å². The highest BCUT2D eigenvalue weighted by atomic mass is 16.3. The van der Waals surface area contributed by atoms with Crippen LogP contribution in [0.25, 0.3) is 0 Å². The van der Waals surface area contributed by atoms with E-state index in [2.05, 4.69) is 5.32 Å². The molecule has 1 heterocycles. The largest absolute Gasteiger partial charge is 0.467 e. The summed E-state index contributed by atoms with van der Waals surface area (Å²) in [6.45, 7) is 4.79. The van der Waals surface area contributed by atoms with Crippen molar-refractivity contribution in [2.45, 2.75) is 26.8 Å². The fourth-order valence-electron chi connectivity index (χ4n) is 2.31. The highest BCUT2D eigenvalue weighted by Gasteiger charge is 2.12. The highest BCUT2D eigenvalue weighted by molar-refractivity contribution is 5.79. The number of nitrogens with one attached hydrogen (secondary N) is 1. The summed E-state index contributed by atoms with van der Waals surface area (Å²) in [5.74, 6) is 0.641. The van der Waals surface area contributed by atoms with Crippen LogP contribution in [-0.4, -0.2) is 29.8 Å². The number of hydrogen-bond donors (Lipinski definition) is 1. The minimum absolute atomic E-state index is 0.0409. The molecule has 0 saturated carbocycles. The van der Waals surface area contributed by atoms with Gasteiger partial charge in [0.15, 0.2) is 0 Å². The summed E-state index contributed by atoms with van der Waals surface area (Å²) in [4.78, 5) is 25.3. The summed E-state index contributed by atoms with van der Waals surface area (Å²) < 4.78 is 5.25. The quantitative estimate of drug-likeness (QED) is 0.853. The molecule has 0 unspecified atom stereocenters. The van der Waals surface area contributed by atoms with Crippen molar-refractivity contribution in [2.75, 3.05) is 13.1 Å². The average Bonchev–Trinajstić information content (AvgIpc) is 3.01. The molecule has 0 fully saturated rings. The maximum Gasteiger partial charge on any atom is 0.224 e. The van der Waals surface area contributed by atoms with E-state index in [1.165, 1.54) is 6.92 Å². The molecule has 122 valence electrons. The first-order valence-corrected chi connectivity index (χ1v) is 7.65. The fourth-order valence-corrected chi connectivity index (χ4v) is 2.31. The number of carbonyl (C=O) groups excluding carboxylic acids is 2. The number of nitrogens with zero attached hydrogens (tertiary/aromatic N) is 1. The molecule has 0 saturated heterocycles. The Morgan fingerprint density at radius 3 is 2.61 bits per heavy atom. The molecule has 1 aromatic heterocycles. The Balaban J connectivity index is 1.79. The van der Waals surface area contributed by atoms with Gasteiger partial charge in [0, 0.05) is 20.0 Å². The Kier molecular flexibility index (Phi) is 5.97. The summed E-state index contributed by atoms with van der Waals surface area (Å²) in [5.41, 5.74) is 2.12. The number of benzene rings is 1. The van der Waals surface area contributed by atoms with Crippen LogP contribution in [0, 0.1) is 6.92 Å². The van der Waals surface area contributed by atoms with Crippen LogP contribution in [0.3, 0.4) is 0 Å². The van der Waals surface area contributed by atoms with E-state index in [1.54, 1.807) is 17.2 Å². The number of aryl methyl sites for hydroxylation is 1. The van der Waals surface area contributed by atoms with Gasteiger partial charge in [-0.15, -0.1) is 0 Å². The van der Waals surface area contributed by atoms with Crippen molar-refractivity contribution < 1.29 is 14.0 Å². The second kappa shape index (κ2) is 8.17. The number of carbonyl (C=O) groups is 2. The van der Waals surface area contributed by atoms with Crippen LogP contribution in [0.2, 0.25) is 0 Å². The van der Waals surface area contributed by atoms with Gasteiger partial charge in [-0.25, -0.2) is 0 Å². The van der Waals surface area contributed by atoms with Gasteiger partial charge in [0.25, 0.3) is 0 Å². The maximum absolute atomic E-state index is 12.0. The molecular formula is C18H22N2O3. The summed E-state index contributed by atoms with van der Waals surface area (Å²) in [5, 5.41) is 2.86. The van der Waals surface area contributed by atoms with Gasteiger partial charge in [-0.1, -0.05) is 24.3 Å². The fraction of sp³-hybridized carbons (Fsp3) is 0.333. The van der Waals surface area contributed by atoms with E-state index in [4.69, 9.17) is 4.42 Å². The minimum Gasteiger partial charge on any atom is -0.467 e. The lowest BCUT2D eigenvalue weighted by Crippen LogP contribution is -2.37. The van der Waals surface area contributed by atoms with E-state index in [-0.39, 0.29) is 11.8 Å². The standard InChI is InChI=1S/C18H22N2O3/c1-14-6-3-4-7-16(14)12-18(22)19-9-10-20(15(2)21)13-17-8-5-11-23-17/h3-8,11H,9-10,12-13H2,1-2H3,(H,19,22). The molecule has 0 radical (unpaired) electrons. The van der Waals surface area contributed by atoms with Gasteiger partial charge >= 0.3 is 0 Å². The van der Waals surface area contributed by atoms with E-state index in [1.807, 2.05) is 37.3 Å². The lowest BCUT2D eigenvalue weighted by Gasteiger charge is -2.20. The Hall–Kier alpha value is -2.56. The van der Waals surface area contributed by atoms with Crippen LogP contribution < -0.4 is 5.32 Å². The molecule has 0 spiro atoms. The second-order valence-electron chi connectivity index (χ2n) is 5.47. The van der Waals surface area contributed by atoms with Gasteiger partial charge in [0.2, 0.25) is 11.8 Å². The Morgan fingerprint density at radius 2 is 1.96 bits per heavy atom. The van der Waals surface area contributed by atoms with Gasteiger partial charge in [-0.05, 0) is 30.2 Å². The summed E-state index contributed by atoms with van der Waals surface area (Å²) in [6, 6.07) is 11.4. The summed E-state index contributed by atoms with van der Waals surface area (Å²) in [6.07, 6.45) is 1.93. The molecule has 2 rings (SSSR count). The van der Waals surface area contributed by atoms with Gasteiger partial charge in [-0.3, -0.25) is 9.59 Å². The van der Waals surface area contributed by atoms with Crippen molar-refractivity contribution in [3.63, 3.8) is 0 Å². The van der Waals surface area contributed by atoms with Crippen LogP contribution in [0.4, 0.5) is 0 Å². The monoisotopic (exact) mass is 314 g/mol. The topological polar surface area (TPSA) is 62.6 Å². The predicted octanol–water partition coefficient (Wildman–Crippen LogP) is 2.30. The van der Waals surface area contributed by atoms with E-state index >= 15 is 0 Å². The molecule has 5 nitrogen and oxygen atoms in total. The van der Waals surface area contributed by atoms with Gasteiger partial charge in [0.05, 0.1) is 19.2 Å². The third kappa shape index (κ3) is 5.29. The van der Waals surface area contributed by atoms with Crippen molar-refractivity contribution in [2.24, 2.45) is 0 Å². The van der Waals surface area contributed by atoms with Gasteiger partial charge < -0.3 is 14.6 Å². The van der Waals surface area contributed by atoms with Crippen molar-refractivity contribution in [3.05, 3.63) is 59.5 Å². The zero-order chi connectivity index (χ0) is 16.7.